The number of nitrogens with two attached hydrogens (primary N) is 1. The number of nitrogens with one attached hydrogen (secondary N) is 1. The van der Waals surface area contributed by atoms with E-state index < -0.39 is 0 Å². The molecule has 2 aromatic heterocycles. The summed E-state index contributed by atoms with van der Waals surface area (Å²) in [6.07, 6.45) is 0. The van der Waals surface area contributed by atoms with Crippen molar-refractivity contribution in [3.63, 3.8) is 0 Å². The average molecular weight is 306 g/mol. The third kappa shape index (κ3) is 3.84. The Bertz CT molecular complexity index is 649. The normalized spacial score (nSPS) is 9.70. The Hall–Kier alpha value is -1.81. The molecule has 0 saturated heterocycles. The van der Waals surface area contributed by atoms with Gasteiger partial charge in [0.2, 0.25) is 0 Å². The zero-order chi connectivity index (χ0) is 14.4. The molecule has 0 saturated carbocycles. The topological polar surface area (TPSA) is 64.3 Å². The minimum atomic E-state index is -0.0960. The van der Waals surface area contributed by atoms with Gasteiger partial charge in [-0.1, -0.05) is 11.8 Å². The Morgan fingerprint density at radius 3 is 2.95 bits per heavy atom. The number of amides is 1. The first-order chi connectivity index (χ1) is 9.72. The maximum Gasteiger partial charge on any atom is 0.261 e. The average Bonchev–Trinajstić information content (AvgIpc) is 3.11. The molecule has 0 aromatic carbocycles. The van der Waals surface area contributed by atoms with E-state index in [1.165, 1.54) is 11.3 Å². The minimum absolute atomic E-state index is 0.0960. The molecule has 4 nitrogen and oxygen atoms in total. The Morgan fingerprint density at radius 1 is 1.40 bits per heavy atom. The van der Waals surface area contributed by atoms with Crippen LogP contribution in [0.5, 0.6) is 5.75 Å². The van der Waals surface area contributed by atoms with Gasteiger partial charge in [0, 0.05) is 27.3 Å². The van der Waals surface area contributed by atoms with Gasteiger partial charge in [0.25, 0.3) is 5.91 Å². The highest BCUT2D eigenvalue weighted by molar-refractivity contribution is 7.12. The number of carbonyl (C=O) groups excluding carboxylic acids is 1. The van der Waals surface area contributed by atoms with Crippen LogP contribution in [0.2, 0.25) is 0 Å². The van der Waals surface area contributed by atoms with Crippen LogP contribution in [0.1, 0.15) is 20.1 Å². The van der Waals surface area contributed by atoms with Crippen LogP contribution in [0.3, 0.4) is 0 Å². The highest BCUT2D eigenvalue weighted by Crippen LogP contribution is 2.21. The van der Waals surface area contributed by atoms with Gasteiger partial charge in [0.1, 0.15) is 5.75 Å². The molecule has 2 rings (SSSR count). The van der Waals surface area contributed by atoms with Crippen LogP contribution in [0.25, 0.3) is 0 Å². The predicted octanol–water partition coefficient (Wildman–Crippen LogP) is 2.06. The summed E-state index contributed by atoms with van der Waals surface area (Å²) in [5, 5.41) is 6.64. The summed E-state index contributed by atoms with van der Waals surface area (Å²) < 4.78 is 5.06. The highest BCUT2D eigenvalue weighted by Gasteiger charge is 2.09. The first-order valence-corrected chi connectivity index (χ1v) is 7.66. The largest absolute Gasteiger partial charge is 0.496 e. The van der Waals surface area contributed by atoms with Crippen LogP contribution in [-0.4, -0.2) is 19.6 Å². The number of hydrogen-bond acceptors (Lipinski definition) is 5. The summed E-state index contributed by atoms with van der Waals surface area (Å²) in [4.78, 5) is 13.6. The van der Waals surface area contributed by atoms with Gasteiger partial charge < -0.3 is 15.8 Å². The van der Waals surface area contributed by atoms with E-state index in [0.717, 1.165) is 10.4 Å². The van der Waals surface area contributed by atoms with Crippen molar-refractivity contribution in [1.29, 1.82) is 0 Å². The zero-order valence-electron chi connectivity index (χ0n) is 10.9. The molecule has 0 bridgehead atoms. The van der Waals surface area contributed by atoms with Gasteiger partial charge in [-0.3, -0.25) is 4.79 Å². The molecular weight excluding hydrogens is 292 g/mol. The molecule has 0 unspecified atom stereocenters. The molecule has 0 fully saturated rings. The summed E-state index contributed by atoms with van der Waals surface area (Å²) >= 11 is 2.93. The van der Waals surface area contributed by atoms with E-state index >= 15 is 0 Å². The Morgan fingerprint density at radius 2 is 2.25 bits per heavy atom. The fraction of sp³-hybridized carbons (Fsp3) is 0.214. The molecule has 0 atom stereocenters. The van der Waals surface area contributed by atoms with Crippen LogP contribution in [0.4, 0.5) is 0 Å². The Kier molecular flexibility index (Phi) is 5.18. The van der Waals surface area contributed by atoms with Crippen LogP contribution in [0.15, 0.2) is 22.9 Å². The molecule has 3 N–H and O–H groups in total. The lowest BCUT2D eigenvalue weighted by atomic mass is 10.3. The van der Waals surface area contributed by atoms with Gasteiger partial charge in [0.15, 0.2) is 0 Å². The standard InChI is InChI=1S/C14H14N2O2S2/c1-18-11-6-13(20-9-11)14(17)16-7-12-5-10(8-19-12)3-2-4-15/h5-6,8-9H,4,7,15H2,1H3,(H,16,17). The van der Waals surface area contributed by atoms with E-state index in [0.29, 0.717) is 23.7 Å². The fourth-order valence-corrected chi connectivity index (χ4v) is 3.02. The summed E-state index contributed by atoms with van der Waals surface area (Å²) in [6, 6.07) is 3.69. The number of ether oxygens (including phenoxy) is 1. The summed E-state index contributed by atoms with van der Waals surface area (Å²) in [5.74, 6) is 6.37. The zero-order valence-corrected chi connectivity index (χ0v) is 12.6. The van der Waals surface area contributed by atoms with Gasteiger partial charge in [-0.2, -0.15) is 0 Å². The Labute approximate surface area is 125 Å². The van der Waals surface area contributed by atoms with E-state index in [1.807, 2.05) is 11.4 Å². The third-order valence-electron chi connectivity index (χ3n) is 2.45. The van der Waals surface area contributed by atoms with Gasteiger partial charge in [-0.05, 0) is 6.07 Å². The second-order valence-corrected chi connectivity index (χ2v) is 5.75. The second kappa shape index (κ2) is 7.10. The lowest BCUT2D eigenvalue weighted by molar-refractivity contribution is 0.0955. The van der Waals surface area contributed by atoms with Crippen molar-refractivity contribution in [3.05, 3.63) is 38.2 Å². The molecule has 0 radical (unpaired) electrons. The Balaban J connectivity index is 1.91. The molecule has 0 aliphatic carbocycles. The van der Waals surface area contributed by atoms with Crippen LogP contribution < -0.4 is 15.8 Å². The molecular formula is C14H14N2O2S2. The number of rotatable bonds is 4. The first-order valence-electron chi connectivity index (χ1n) is 5.90. The molecule has 1 amide bonds. The van der Waals surface area contributed by atoms with Gasteiger partial charge in [0.05, 0.1) is 25.1 Å². The van der Waals surface area contributed by atoms with Gasteiger partial charge in [-0.15, -0.1) is 22.7 Å². The SMILES string of the molecule is COc1csc(C(=O)NCc2cc(C#CCN)cs2)c1. The van der Waals surface area contributed by atoms with E-state index in [9.17, 15) is 4.79 Å². The molecule has 0 aliphatic rings. The predicted molar refractivity (Wildman–Crippen MR) is 82.3 cm³/mol. The van der Waals surface area contributed by atoms with E-state index in [4.69, 9.17) is 10.5 Å². The quantitative estimate of drug-likeness (QED) is 0.850. The first kappa shape index (κ1) is 14.6. The van der Waals surface area contributed by atoms with Crippen molar-refractivity contribution < 1.29 is 9.53 Å². The number of carbonyl (C=O) groups is 1. The van der Waals surface area contributed by atoms with Crippen LogP contribution >= 0.6 is 22.7 Å². The van der Waals surface area contributed by atoms with Crippen molar-refractivity contribution in [2.24, 2.45) is 5.73 Å². The molecule has 0 spiro atoms. The van der Waals surface area contributed by atoms with Crippen molar-refractivity contribution in [2.75, 3.05) is 13.7 Å². The minimum Gasteiger partial charge on any atom is -0.496 e. The van der Waals surface area contributed by atoms with Crippen LogP contribution in [-0.2, 0) is 6.54 Å². The van der Waals surface area contributed by atoms with E-state index in [1.54, 1.807) is 29.9 Å². The maximum absolute atomic E-state index is 11.9. The molecule has 2 heterocycles. The second-order valence-electron chi connectivity index (χ2n) is 3.84. The summed E-state index contributed by atoms with van der Waals surface area (Å²) in [7, 11) is 1.58. The van der Waals surface area contributed by atoms with Crippen molar-refractivity contribution in [3.8, 4) is 17.6 Å². The summed E-state index contributed by atoms with van der Waals surface area (Å²) in [5.41, 5.74) is 6.26. The lowest BCUT2D eigenvalue weighted by Gasteiger charge is -2.00. The molecule has 0 aliphatic heterocycles. The smallest absolute Gasteiger partial charge is 0.261 e. The molecule has 20 heavy (non-hydrogen) atoms. The van der Waals surface area contributed by atoms with E-state index in [2.05, 4.69) is 17.2 Å². The lowest BCUT2D eigenvalue weighted by Crippen LogP contribution is -2.21. The van der Waals surface area contributed by atoms with Crippen molar-refractivity contribution in [1.82, 2.24) is 5.32 Å². The monoisotopic (exact) mass is 306 g/mol. The van der Waals surface area contributed by atoms with Gasteiger partial charge in [-0.25, -0.2) is 0 Å². The van der Waals surface area contributed by atoms with E-state index in [-0.39, 0.29) is 5.91 Å². The van der Waals surface area contributed by atoms with Crippen molar-refractivity contribution in [2.45, 2.75) is 6.54 Å². The van der Waals surface area contributed by atoms with Crippen LogP contribution in [0, 0.1) is 11.8 Å². The summed E-state index contributed by atoms with van der Waals surface area (Å²) in [6.45, 7) is 0.843. The third-order valence-corrected chi connectivity index (χ3v) is 4.29. The number of methoxy groups -OCH3 is 1. The maximum atomic E-state index is 11.9. The molecule has 2 aromatic rings. The molecule has 6 heteroatoms. The fourth-order valence-electron chi connectivity index (χ4n) is 1.49. The number of thiophene rings is 2. The van der Waals surface area contributed by atoms with Crippen molar-refractivity contribution >= 4 is 28.6 Å². The van der Waals surface area contributed by atoms with Gasteiger partial charge >= 0.3 is 0 Å². The number of hydrogen-bond donors (Lipinski definition) is 2. The highest BCUT2D eigenvalue weighted by atomic mass is 32.1. The molecule has 104 valence electrons.